The summed E-state index contributed by atoms with van der Waals surface area (Å²) in [5.41, 5.74) is -0.921. The highest BCUT2D eigenvalue weighted by atomic mass is 28.4. The number of allylic oxidation sites excluding steroid dienone is 2. The number of hydrogen-bond acceptors (Lipinski definition) is 2. The van der Waals surface area contributed by atoms with Crippen LogP contribution in [0.25, 0.3) is 0 Å². The lowest BCUT2D eigenvalue weighted by Gasteiger charge is -2.45. The molecule has 118 valence electrons. The number of rotatable bonds is 2. The third-order valence-electron chi connectivity index (χ3n) is 5.06. The SMILES string of the molecule is CC(C)(C)[Si](C)(C)OC12C#CC=CC#CCC(CCC1)C2=O. The lowest BCUT2D eigenvalue weighted by molar-refractivity contribution is -0.138. The zero-order chi connectivity index (χ0) is 16.4. The number of carbonyl (C=O) groups is 1. The predicted octanol–water partition coefficient (Wildman–Crippen LogP) is 4.08. The maximum absolute atomic E-state index is 13.1. The molecule has 2 rings (SSSR count). The third kappa shape index (κ3) is 3.37. The third-order valence-corrected chi connectivity index (χ3v) is 9.53. The highest BCUT2D eigenvalue weighted by molar-refractivity contribution is 6.74. The molecule has 1 fully saturated rings. The van der Waals surface area contributed by atoms with Gasteiger partial charge >= 0.3 is 0 Å². The van der Waals surface area contributed by atoms with E-state index in [1.54, 1.807) is 12.2 Å². The molecule has 0 aliphatic heterocycles. The number of carbonyl (C=O) groups excluding carboxylic acids is 1. The van der Waals surface area contributed by atoms with Crippen molar-refractivity contribution in [1.82, 2.24) is 0 Å². The average Bonchev–Trinajstić information content (AvgIpc) is 2.39. The monoisotopic (exact) mass is 314 g/mol. The normalized spacial score (nSPS) is 28.2. The zero-order valence-corrected chi connectivity index (χ0v) is 15.4. The largest absolute Gasteiger partial charge is 0.395 e. The summed E-state index contributed by atoms with van der Waals surface area (Å²) in [7, 11) is -2.07. The molecule has 2 bridgehead atoms. The Labute approximate surface area is 135 Å². The zero-order valence-electron chi connectivity index (χ0n) is 14.4. The Bertz CT molecular complexity index is 601. The van der Waals surface area contributed by atoms with Gasteiger partial charge in [-0.25, -0.2) is 0 Å². The minimum absolute atomic E-state index is 0.0354. The van der Waals surface area contributed by atoms with Crippen LogP contribution in [0.3, 0.4) is 0 Å². The number of Topliss-reactive ketones (excluding diaryl/α,β-unsaturated/α-hetero) is 1. The standard InChI is InChI=1S/C19H26O2Si/c1-18(2,3)22(4,5)21-19-14-10-8-6-7-9-12-16(17(19)20)13-11-15-19/h6,8,16H,11-13,15H2,1-5H3. The van der Waals surface area contributed by atoms with Gasteiger partial charge in [-0.15, -0.1) is 0 Å². The lowest BCUT2D eigenvalue weighted by Crippen LogP contribution is -2.56. The van der Waals surface area contributed by atoms with E-state index in [4.69, 9.17) is 4.43 Å². The van der Waals surface area contributed by atoms with E-state index in [0.29, 0.717) is 12.8 Å². The van der Waals surface area contributed by atoms with Crippen LogP contribution in [0, 0.1) is 29.6 Å². The van der Waals surface area contributed by atoms with E-state index in [-0.39, 0.29) is 16.7 Å². The van der Waals surface area contributed by atoms with Crippen molar-refractivity contribution in [1.29, 1.82) is 0 Å². The molecule has 2 unspecified atom stereocenters. The molecule has 0 radical (unpaired) electrons. The van der Waals surface area contributed by atoms with Crippen LogP contribution in [0.4, 0.5) is 0 Å². The molecule has 2 atom stereocenters. The van der Waals surface area contributed by atoms with Gasteiger partial charge in [-0.3, -0.25) is 4.79 Å². The molecular formula is C19H26O2Si. The fraction of sp³-hybridized carbons (Fsp3) is 0.632. The maximum Gasteiger partial charge on any atom is 0.194 e. The molecule has 1 saturated carbocycles. The minimum Gasteiger partial charge on any atom is -0.395 e. The van der Waals surface area contributed by atoms with E-state index < -0.39 is 13.9 Å². The van der Waals surface area contributed by atoms with Crippen molar-refractivity contribution in [3.63, 3.8) is 0 Å². The maximum atomic E-state index is 13.1. The summed E-state index contributed by atoms with van der Waals surface area (Å²) in [4.78, 5) is 13.1. The fourth-order valence-electron chi connectivity index (χ4n) is 2.70. The highest BCUT2D eigenvalue weighted by Gasteiger charge is 2.51. The smallest absolute Gasteiger partial charge is 0.194 e. The average molecular weight is 315 g/mol. The second-order valence-corrected chi connectivity index (χ2v) is 12.5. The van der Waals surface area contributed by atoms with Crippen molar-refractivity contribution < 1.29 is 9.22 Å². The van der Waals surface area contributed by atoms with Crippen LogP contribution in [0.5, 0.6) is 0 Å². The molecule has 2 nitrogen and oxygen atoms in total. The van der Waals surface area contributed by atoms with E-state index in [2.05, 4.69) is 57.5 Å². The fourth-order valence-corrected chi connectivity index (χ4v) is 4.13. The number of fused-ring (bicyclic) bond motifs is 2. The van der Waals surface area contributed by atoms with E-state index in [9.17, 15) is 4.79 Å². The van der Waals surface area contributed by atoms with Gasteiger partial charge in [-0.2, -0.15) is 0 Å². The summed E-state index contributed by atoms with van der Waals surface area (Å²) in [6, 6.07) is 0. The first-order valence-corrected chi connectivity index (χ1v) is 11.0. The minimum atomic E-state index is -2.07. The van der Waals surface area contributed by atoms with Crippen LogP contribution < -0.4 is 0 Å². The van der Waals surface area contributed by atoms with Crippen LogP contribution in [-0.4, -0.2) is 19.7 Å². The van der Waals surface area contributed by atoms with E-state index in [1.165, 1.54) is 0 Å². The van der Waals surface area contributed by atoms with Gasteiger partial charge in [0, 0.05) is 12.3 Å². The Hall–Kier alpha value is -1.29. The van der Waals surface area contributed by atoms with E-state index in [0.717, 1.165) is 12.8 Å². The van der Waals surface area contributed by atoms with Crippen LogP contribution in [-0.2, 0) is 9.22 Å². The van der Waals surface area contributed by atoms with Gasteiger partial charge in [0.05, 0.1) is 0 Å². The summed E-state index contributed by atoms with van der Waals surface area (Å²) in [6.45, 7) is 11.0. The molecule has 0 aromatic rings. The van der Waals surface area contributed by atoms with Crippen molar-refractivity contribution in [2.24, 2.45) is 5.92 Å². The van der Waals surface area contributed by atoms with Gasteiger partial charge in [0.15, 0.2) is 19.7 Å². The van der Waals surface area contributed by atoms with Gasteiger partial charge in [-0.05, 0) is 49.5 Å². The molecule has 22 heavy (non-hydrogen) atoms. The van der Waals surface area contributed by atoms with Crippen molar-refractivity contribution in [3.05, 3.63) is 12.2 Å². The Balaban J connectivity index is 2.43. The Morgan fingerprint density at radius 3 is 2.64 bits per heavy atom. The van der Waals surface area contributed by atoms with Crippen LogP contribution >= 0.6 is 0 Å². The summed E-state index contributed by atoms with van der Waals surface area (Å²) >= 11 is 0. The molecule has 0 aromatic carbocycles. The first-order valence-electron chi connectivity index (χ1n) is 8.09. The van der Waals surface area contributed by atoms with Crippen molar-refractivity contribution >= 4 is 14.1 Å². The Kier molecular flexibility index (Phi) is 4.71. The summed E-state index contributed by atoms with van der Waals surface area (Å²) in [5.74, 6) is 12.3. The van der Waals surface area contributed by atoms with Crippen molar-refractivity contribution in [3.8, 4) is 23.7 Å². The molecule has 0 aromatic heterocycles. The molecule has 0 saturated heterocycles. The molecule has 0 N–H and O–H groups in total. The first-order chi connectivity index (χ1) is 10.2. The highest BCUT2D eigenvalue weighted by Crippen LogP contribution is 2.43. The van der Waals surface area contributed by atoms with E-state index >= 15 is 0 Å². The molecule has 0 heterocycles. The molecular weight excluding hydrogens is 288 g/mol. The van der Waals surface area contributed by atoms with Gasteiger partial charge < -0.3 is 4.43 Å². The quantitative estimate of drug-likeness (QED) is 0.567. The van der Waals surface area contributed by atoms with Gasteiger partial charge in [0.1, 0.15) is 0 Å². The van der Waals surface area contributed by atoms with Gasteiger partial charge in [0.25, 0.3) is 0 Å². The molecule has 0 amide bonds. The summed E-state index contributed by atoms with van der Waals surface area (Å²) in [6.07, 6.45) is 6.70. The van der Waals surface area contributed by atoms with Crippen molar-refractivity contribution in [2.45, 2.75) is 70.2 Å². The van der Waals surface area contributed by atoms with Crippen molar-refractivity contribution in [2.75, 3.05) is 0 Å². The summed E-state index contributed by atoms with van der Waals surface area (Å²) in [5, 5.41) is 0.0572. The Morgan fingerprint density at radius 2 is 1.95 bits per heavy atom. The predicted molar refractivity (Wildman–Crippen MR) is 92.7 cm³/mol. The lowest BCUT2D eigenvalue weighted by atomic mass is 9.76. The van der Waals surface area contributed by atoms with Crippen LogP contribution in [0.1, 0.15) is 46.5 Å². The topological polar surface area (TPSA) is 26.3 Å². The van der Waals surface area contributed by atoms with E-state index in [1.807, 2.05) is 0 Å². The molecule has 2 aliphatic carbocycles. The second kappa shape index (κ2) is 6.07. The van der Waals surface area contributed by atoms with Crippen LogP contribution in [0.15, 0.2) is 12.2 Å². The van der Waals surface area contributed by atoms with Gasteiger partial charge in [-0.1, -0.05) is 44.5 Å². The number of hydrogen-bond donors (Lipinski definition) is 0. The van der Waals surface area contributed by atoms with Gasteiger partial charge in [0.2, 0.25) is 0 Å². The second-order valence-electron chi connectivity index (χ2n) is 7.77. The van der Waals surface area contributed by atoms with Crippen LogP contribution in [0.2, 0.25) is 18.1 Å². The summed E-state index contributed by atoms with van der Waals surface area (Å²) < 4.78 is 6.58. The first kappa shape index (κ1) is 17.1. The molecule has 3 heteroatoms. The Morgan fingerprint density at radius 1 is 1.27 bits per heavy atom. The molecule has 0 spiro atoms. The molecule has 2 aliphatic rings. The number of ketones is 1.